The van der Waals surface area contributed by atoms with Gasteiger partial charge in [-0.25, -0.2) is 4.79 Å². The number of amides is 2. The van der Waals surface area contributed by atoms with Crippen LogP contribution in [-0.2, 0) is 19.7 Å². The summed E-state index contributed by atoms with van der Waals surface area (Å²) in [7, 11) is 1.66. The zero-order valence-corrected chi connectivity index (χ0v) is 17.7. The zero-order chi connectivity index (χ0) is 20.9. The number of aryl methyl sites for hydroxylation is 1. The Hall–Kier alpha value is -2.39. The SMILES string of the molecule is CNC(=S)NNC(=O)CC1(c2cc(C)cc(NC(=O)OC(C)(C)C)c2)COC1. The van der Waals surface area contributed by atoms with Crippen LogP contribution in [0.3, 0.4) is 0 Å². The Morgan fingerprint density at radius 2 is 1.89 bits per heavy atom. The summed E-state index contributed by atoms with van der Waals surface area (Å²) >= 11 is 4.95. The number of carbonyl (C=O) groups is 2. The van der Waals surface area contributed by atoms with Crippen LogP contribution in [-0.4, -0.2) is 43.0 Å². The monoisotopic (exact) mass is 408 g/mol. The molecule has 2 rings (SSSR count). The zero-order valence-electron chi connectivity index (χ0n) is 16.9. The summed E-state index contributed by atoms with van der Waals surface area (Å²) in [6.07, 6.45) is -0.299. The lowest BCUT2D eigenvalue weighted by Crippen LogP contribution is -2.53. The van der Waals surface area contributed by atoms with Gasteiger partial charge in [-0.3, -0.25) is 21.0 Å². The summed E-state index contributed by atoms with van der Waals surface area (Å²) in [5.41, 5.74) is 6.67. The molecule has 8 nitrogen and oxygen atoms in total. The van der Waals surface area contributed by atoms with E-state index in [0.717, 1.165) is 11.1 Å². The van der Waals surface area contributed by atoms with Gasteiger partial charge in [-0.15, -0.1) is 0 Å². The van der Waals surface area contributed by atoms with Crippen molar-refractivity contribution in [2.75, 3.05) is 25.6 Å². The third-order valence-corrected chi connectivity index (χ3v) is 4.44. The molecule has 9 heteroatoms. The van der Waals surface area contributed by atoms with Gasteiger partial charge in [-0.2, -0.15) is 0 Å². The average Bonchev–Trinajstić information content (AvgIpc) is 2.53. The summed E-state index contributed by atoms with van der Waals surface area (Å²) in [6, 6.07) is 5.72. The Bertz CT molecular complexity index is 757. The molecule has 0 spiro atoms. The number of anilines is 1. The van der Waals surface area contributed by atoms with Crippen LogP contribution < -0.4 is 21.5 Å². The molecule has 0 atom stereocenters. The molecule has 1 aromatic carbocycles. The van der Waals surface area contributed by atoms with Crippen LogP contribution in [0.1, 0.15) is 38.3 Å². The van der Waals surface area contributed by atoms with Gasteiger partial charge in [-0.1, -0.05) is 6.07 Å². The van der Waals surface area contributed by atoms with Gasteiger partial charge in [0.25, 0.3) is 0 Å². The highest BCUT2D eigenvalue weighted by Crippen LogP contribution is 2.37. The lowest BCUT2D eigenvalue weighted by atomic mass is 9.75. The maximum absolute atomic E-state index is 12.3. The molecular weight excluding hydrogens is 380 g/mol. The van der Waals surface area contributed by atoms with Gasteiger partial charge in [-0.05, 0) is 63.2 Å². The van der Waals surface area contributed by atoms with Crippen LogP contribution in [0.2, 0.25) is 0 Å². The first-order valence-corrected chi connectivity index (χ1v) is 9.40. The molecule has 1 aromatic rings. The number of ether oxygens (including phenoxy) is 2. The van der Waals surface area contributed by atoms with Crippen LogP contribution in [0.5, 0.6) is 0 Å². The number of hydrogen-bond acceptors (Lipinski definition) is 5. The van der Waals surface area contributed by atoms with Gasteiger partial charge in [0.05, 0.1) is 18.6 Å². The number of carbonyl (C=O) groups excluding carboxylic acids is 2. The van der Waals surface area contributed by atoms with Crippen LogP contribution >= 0.6 is 12.2 Å². The van der Waals surface area contributed by atoms with E-state index >= 15 is 0 Å². The Labute approximate surface area is 170 Å². The largest absolute Gasteiger partial charge is 0.444 e. The van der Waals surface area contributed by atoms with Crippen molar-refractivity contribution < 1.29 is 19.1 Å². The molecule has 0 saturated carbocycles. The van der Waals surface area contributed by atoms with Crippen molar-refractivity contribution in [3.63, 3.8) is 0 Å². The van der Waals surface area contributed by atoms with Crippen LogP contribution in [0.4, 0.5) is 10.5 Å². The maximum Gasteiger partial charge on any atom is 0.412 e. The average molecular weight is 409 g/mol. The van der Waals surface area contributed by atoms with E-state index in [-0.39, 0.29) is 12.3 Å². The molecule has 0 radical (unpaired) electrons. The highest BCUT2D eigenvalue weighted by atomic mass is 32.1. The molecule has 1 saturated heterocycles. The van der Waals surface area contributed by atoms with Crippen molar-refractivity contribution in [2.24, 2.45) is 0 Å². The molecule has 1 heterocycles. The maximum atomic E-state index is 12.3. The smallest absolute Gasteiger partial charge is 0.412 e. The second-order valence-electron chi connectivity index (χ2n) is 7.92. The molecule has 1 aliphatic heterocycles. The van der Waals surface area contributed by atoms with Gasteiger partial charge in [0.15, 0.2) is 5.11 Å². The van der Waals surface area contributed by atoms with E-state index in [1.54, 1.807) is 27.8 Å². The van der Waals surface area contributed by atoms with Crippen LogP contribution in [0.15, 0.2) is 18.2 Å². The first kappa shape index (κ1) is 21.9. The highest BCUT2D eigenvalue weighted by Gasteiger charge is 2.42. The van der Waals surface area contributed by atoms with E-state index < -0.39 is 17.1 Å². The van der Waals surface area contributed by atoms with Crippen molar-refractivity contribution in [1.82, 2.24) is 16.2 Å². The predicted octanol–water partition coefficient (Wildman–Crippen LogP) is 2.13. The fourth-order valence-corrected chi connectivity index (χ4v) is 2.89. The molecule has 2 amide bonds. The topological polar surface area (TPSA) is 101 Å². The molecule has 0 unspecified atom stereocenters. The van der Waals surface area contributed by atoms with Crippen molar-refractivity contribution in [2.45, 2.75) is 45.1 Å². The van der Waals surface area contributed by atoms with Crippen molar-refractivity contribution in [3.05, 3.63) is 29.3 Å². The number of rotatable bonds is 4. The summed E-state index contributed by atoms with van der Waals surface area (Å²) in [5, 5.41) is 5.81. The first-order chi connectivity index (χ1) is 13.0. The van der Waals surface area contributed by atoms with Crippen LogP contribution in [0, 0.1) is 6.92 Å². The molecule has 0 bridgehead atoms. The molecule has 0 aliphatic carbocycles. The first-order valence-electron chi connectivity index (χ1n) is 8.99. The molecule has 4 N–H and O–H groups in total. The standard InChI is InChI=1S/C19H28N4O4S/c1-12-6-13(8-14(7-12)21-17(25)27-18(2,3)4)19(10-26-11-19)9-15(24)22-23-16(28)20-5/h6-8H,9-11H2,1-5H3,(H,21,25)(H,22,24)(H2,20,23,28). The van der Waals surface area contributed by atoms with E-state index in [2.05, 4.69) is 21.5 Å². The molecule has 1 aliphatic rings. The summed E-state index contributed by atoms with van der Waals surface area (Å²) in [6.45, 7) is 8.20. The fraction of sp³-hybridized carbons (Fsp3) is 0.526. The van der Waals surface area contributed by atoms with Crippen molar-refractivity contribution in [3.8, 4) is 0 Å². The Balaban J connectivity index is 2.13. The minimum absolute atomic E-state index is 0.205. The van der Waals surface area contributed by atoms with Gasteiger partial charge in [0.1, 0.15) is 5.60 Å². The number of benzene rings is 1. The second kappa shape index (κ2) is 8.74. The number of thiocarbonyl (C=S) groups is 1. The Morgan fingerprint density at radius 1 is 1.21 bits per heavy atom. The van der Waals surface area contributed by atoms with Gasteiger partial charge < -0.3 is 14.8 Å². The minimum Gasteiger partial charge on any atom is -0.444 e. The van der Waals surface area contributed by atoms with Crippen molar-refractivity contribution >= 4 is 35.0 Å². The van der Waals surface area contributed by atoms with Crippen molar-refractivity contribution in [1.29, 1.82) is 0 Å². The number of hydrogen-bond donors (Lipinski definition) is 4. The summed E-state index contributed by atoms with van der Waals surface area (Å²) < 4.78 is 10.7. The predicted molar refractivity (Wildman–Crippen MR) is 111 cm³/mol. The Morgan fingerprint density at radius 3 is 2.43 bits per heavy atom. The fourth-order valence-electron chi connectivity index (χ4n) is 2.84. The third-order valence-electron chi connectivity index (χ3n) is 4.13. The van der Waals surface area contributed by atoms with E-state index in [1.807, 2.05) is 25.1 Å². The molecular formula is C19H28N4O4S. The van der Waals surface area contributed by atoms with Crippen LogP contribution in [0.25, 0.3) is 0 Å². The lowest BCUT2D eigenvalue weighted by Gasteiger charge is -2.41. The number of hydrazine groups is 1. The van der Waals surface area contributed by atoms with Gasteiger partial charge in [0.2, 0.25) is 5.91 Å². The quantitative estimate of drug-likeness (QED) is 0.447. The van der Waals surface area contributed by atoms with E-state index in [9.17, 15) is 9.59 Å². The molecule has 0 aromatic heterocycles. The molecule has 154 valence electrons. The molecule has 28 heavy (non-hydrogen) atoms. The third kappa shape index (κ3) is 6.07. The number of nitrogens with one attached hydrogen (secondary N) is 4. The second-order valence-corrected chi connectivity index (χ2v) is 8.33. The lowest BCUT2D eigenvalue weighted by molar-refractivity contribution is -0.130. The molecule has 1 fully saturated rings. The van der Waals surface area contributed by atoms with E-state index in [1.165, 1.54) is 0 Å². The van der Waals surface area contributed by atoms with Gasteiger partial charge in [0, 0.05) is 19.2 Å². The van der Waals surface area contributed by atoms with Gasteiger partial charge >= 0.3 is 6.09 Å². The highest BCUT2D eigenvalue weighted by molar-refractivity contribution is 7.80. The summed E-state index contributed by atoms with van der Waals surface area (Å²) in [5.74, 6) is -0.205. The van der Waals surface area contributed by atoms with E-state index in [4.69, 9.17) is 21.7 Å². The summed E-state index contributed by atoms with van der Waals surface area (Å²) in [4.78, 5) is 24.4. The normalized spacial score (nSPS) is 15.0. The van der Waals surface area contributed by atoms with E-state index in [0.29, 0.717) is 24.0 Å². The minimum atomic E-state index is -0.585. The Kier molecular flexibility index (Phi) is 6.84.